The fourth-order valence-electron chi connectivity index (χ4n) is 3.85. The van der Waals surface area contributed by atoms with Crippen LogP contribution in [-0.2, 0) is 33.3 Å². The molecule has 1 fully saturated rings. The van der Waals surface area contributed by atoms with Crippen molar-refractivity contribution < 1.29 is 47.7 Å². The number of carbonyl (C=O) groups is 5. The number of hydrogen-bond donors (Lipinski definition) is 2. The summed E-state index contributed by atoms with van der Waals surface area (Å²) >= 11 is 0. The second-order valence-corrected chi connectivity index (χ2v) is 8.36. The van der Waals surface area contributed by atoms with Crippen molar-refractivity contribution in [3.05, 3.63) is 29.3 Å². The Morgan fingerprint density at radius 1 is 0.974 bits per heavy atom. The number of nitrogens with zero attached hydrogens (tertiary/aromatic N) is 1. The van der Waals surface area contributed by atoms with Gasteiger partial charge in [0.1, 0.15) is 18.4 Å². The molecule has 2 N–H and O–H groups in total. The zero-order chi connectivity index (χ0) is 28.0. The minimum atomic E-state index is -1.09. The number of rotatable bonds is 17. The average molecular weight is 546 g/mol. The Balaban J connectivity index is 1.31. The highest BCUT2D eigenvalue weighted by atomic mass is 16.6. The Morgan fingerprint density at radius 3 is 2.31 bits per heavy atom. The summed E-state index contributed by atoms with van der Waals surface area (Å²) < 4.78 is 26.6. The molecular weight excluding hydrogens is 514 g/mol. The van der Waals surface area contributed by atoms with E-state index in [0.29, 0.717) is 39.6 Å². The van der Waals surface area contributed by atoms with Crippen LogP contribution in [0.15, 0.2) is 18.2 Å². The van der Waals surface area contributed by atoms with Gasteiger partial charge in [0.05, 0.1) is 57.4 Å². The van der Waals surface area contributed by atoms with E-state index in [1.807, 2.05) is 0 Å². The van der Waals surface area contributed by atoms with Crippen LogP contribution in [-0.4, -0.2) is 106 Å². The van der Waals surface area contributed by atoms with Crippen molar-refractivity contribution in [2.24, 2.45) is 0 Å². The van der Waals surface area contributed by atoms with Crippen LogP contribution < -0.4 is 15.4 Å². The van der Waals surface area contributed by atoms with Crippen LogP contribution >= 0.6 is 0 Å². The number of hydrogen-bond acceptors (Lipinski definition) is 10. The van der Waals surface area contributed by atoms with E-state index in [-0.39, 0.29) is 49.5 Å². The highest BCUT2D eigenvalue weighted by molar-refractivity contribution is 6.24. The fourth-order valence-corrected chi connectivity index (χ4v) is 3.85. The first-order valence-electron chi connectivity index (χ1n) is 12.4. The number of benzene rings is 1. The molecule has 1 saturated heterocycles. The van der Waals surface area contributed by atoms with Crippen molar-refractivity contribution in [3.8, 4) is 18.1 Å². The van der Waals surface area contributed by atoms with Crippen LogP contribution in [0.25, 0.3) is 0 Å². The van der Waals surface area contributed by atoms with Crippen molar-refractivity contribution >= 4 is 29.5 Å². The predicted octanol–water partition coefficient (Wildman–Crippen LogP) is -0.718. The van der Waals surface area contributed by atoms with Crippen LogP contribution in [0.4, 0.5) is 0 Å². The Morgan fingerprint density at radius 2 is 1.64 bits per heavy atom. The molecule has 2 aliphatic heterocycles. The Labute approximate surface area is 225 Å². The third kappa shape index (κ3) is 8.59. The van der Waals surface area contributed by atoms with E-state index < -0.39 is 42.2 Å². The van der Waals surface area contributed by atoms with Gasteiger partial charge in [0.25, 0.3) is 17.7 Å². The summed E-state index contributed by atoms with van der Waals surface area (Å²) in [5, 5.41) is 4.77. The molecule has 1 aromatic rings. The molecule has 0 aromatic heterocycles. The first kappa shape index (κ1) is 29.7. The van der Waals surface area contributed by atoms with E-state index in [1.165, 1.54) is 18.2 Å². The molecule has 1 aromatic carbocycles. The van der Waals surface area contributed by atoms with E-state index in [1.54, 1.807) is 0 Å². The summed E-state index contributed by atoms with van der Waals surface area (Å²) in [5.41, 5.74) is 0.0461. The van der Waals surface area contributed by atoms with Gasteiger partial charge in [-0.1, -0.05) is 12.0 Å². The van der Waals surface area contributed by atoms with Crippen molar-refractivity contribution in [2.45, 2.75) is 18.9 Å². The van der Waals surface area contributed by atoms with Crippen LogP contribution in [0.1, 0.15) is 33.6 Å². The molecule has 0 bridgehead atoms. The van der Waals surface area contributed by atoms with Gasteiger partial charge in [0, 0.05) is 13.0 Å². The van der Waals surface area contributed by atoms with Crippen LogP contribution in [0.3, 0.4) is 0 Å². The molecule has 39 heavy (non-hydrogen) atoms. The second kappa shape index (κ2) is 15.6. The van der Waals surface area contributed by atoms with Gasteiger partial charge in [-0.15, -0.1) is 6.42 Å². The lowest BCUT2D eigenvalue weighted by atomic mass is 10.0. The molecule has 13 heteroatoms. The Bertz CT molecular complexity index is 1100. The molecule has 1 unspecified atom stereocenters. The maximum absolute atomic E-state index is 13.0. The van der Waals surface area contributed by atoms with Gasteiger partial charge >= 0.3 is 0 Å². The van der Waals surface area contributed by atoms with Gasteiger partial charge in [-0.25, -0.2) is 0 Å². The lowest BCUT2D eigenvalue weighted by Crippen LogP contribution is -2.54. The minimum Gasteiger partial charge on any atom is -0.483 e. The average Bonchev–Trinajstić information content (AvgIpc) is 3.17. The highest BCUT2D eigenvalue weighted by Gasteiger charge is 2.46. The Kier molecular flexibility index (Phi) is 11.9. The standard InChI is InChI=1S/C26H31N3O10/c1-2-9-35-11-13-37-15-16-38-14-12-36-10-8-27-22(31)17-39-20-5-3-4-18-23(20)26(34)29(25(18)33)19-6-7-21(30)28-24(19)32/h1,3-5,19H,6-17H2,(H,27,31)(H,28,30,32). The summed E-state index contributed by atoms with van der Waals surface area (Å²) in [4.78, 5) is 62.5. The molecular formula is C26H31N3O10. The smallest absolute Gasteiger partial charge is 0.266 e. The number of imide groups is 2. The first-order chi connectivity index (χ1) is 18.9. The van der Waals surface area contributed by atoms with Crippen molar-refractivity contribution in [1.82, 2.24) is 15.5 Å². The summed E-state index contributed by atoms with van der Waals surface area (Å²) in [5.74, 6) is -0.562. The number of ether oxygens (including phenoxy) is 5. The van der Waals surface area contributed by atoms with Crippen molar-refractivity contribution in [1.29, 1.82) is 0 Å². The molecule has 210 valence electrons. The number of fused-ring (bicyclic) bond motifs is 1. The fraction of sp³-hybridized carbons (Fsp3) is 0.500. The van der Waals surface area contributed by atoms with E-state index in [9.17, 15) is 24.0 Å². The summed E-state index contributed by atoms with van der Waals surface area (Å²) in [6.07, 6.45) is 5.12. The minimum absolute atomic E-state index is 0.0177. The normalized spacial score (nSPS) is 16.6. The van der Waals surface area contributed by atoms with Gasteiger partial charge in [0.15, 0.2) is 6.61 Å². The van der Waals surface area contributed by atoms with Crippen LogP contribution in [0.2, 0.25) is 0 Å². The maximum Gasteiger partial charge on any atom is 0.266 e. The zero-order valence-corrected chi connectivity index (χ0v) is 21.4. The molecule has 0 radical (unpaired) electrons. The molecule has 5 amide bonds. The highest BCUT2D eigenvalue weighted by Crippen LogP contribution is 2.33. The third-order valence-electron chi connectivity index (χ3n) is 5.66. The van der Waals surface area contributed by atoms with Gasteiger partial charge in [-0.2, -0.15) is 0 Å². The first-order valence-corrected chi connectivity index (χ1v) is 12.4. The van der Waals surface area contributed by atoms with Crippen molar-refractivity contribution in [3.63, 3.8) is 0 Å². The molecule has 0 spiro atoms. The summed E-state index contributed by atoms with van der Waals surface area (Å²) in [6, 6.07) is 3.34. The zero-order valence-electron chi connectivity index (χ0n) is 21.4. The number of nitrogens with one attached hydrogen (secondary N) is 2. The number of piperidine rings is 1. The van der Waals surface area contributed by atoms with Gasteiger partial charge in [0.2, 0.25) is 11.8 Å². The lowest BCUT2D eigenvalue weighted by Gasteiger charge is -2.27. The molecule has 3 rings (SSSR count). The summed E-state index contributed by atoms with van der Waals surface area (Å²) in [7, 11) is 0. The van der Waals surface area contributed by atoms with E-state index in [0.717, 1.165) is 4.90 Å². The van der Waals surface area contributed by atoms with Crippen LogP contribution in [0.5, 0.6) is 5.75 Å². The number of amides is 5. The largest absolute Gasteiger partial charge is 0.483 e. The molecule has 0 aliphatic carbocycles. The third-order valence-corrected chi connectivity index (χ3v) is 5.66. The predicted molar refractivity (Wildman–Crippen MR) is 134 cm³/mol. The van der Waals surface area contributed by atoms with Crippen LogP contribution in [0, 0.1) is 12.3 Å². The quantitative estimate of drug-likeness (QED) is 0.145. The molecule has 1 atom stereocenters. The number of terminal acetylenes is 1. The monoisotopic (exact) mass is 545 g/mol. The van der Waals surface area contributed by atoms with E-state index in [4.69, 9.17) is 30.1 Å². The maximum atomic E-state index is 13.0. The van der Waals surface area contributed by atoms with E-state index in [2.05, 4.69) is 16.6 Å². The summed E-state index contributed by atoms with van der Waals surface area (Å²) in [6.45, 7) is 2.77. The number of carbonyl (C=O) groups excluding carboxylic acids is 5. The topological polar surface area (TPSA) is 159 Å². The van der Waals surface area contributed by atoms with E-state index >= 15 is 0 Å². The SMILES string of the molecule is C#CCOCCOCCOCCOCCNC(=O)COc1cccc2c1C(=O)N(C1CCC(=O)NC1=O)C2=O. The van der Waals surface area contributed by atoms with Gasteiger partial charge in [-0.3, -0.25) is 34.2 Å². The molecule has 2 aliphatic rings. The molecule has 0 saturated carbocycles. The second-order valence-electron chi connectivity index (χ2n) is 8.36. The molecule has 2 heterocycles. The van der Waals surface area contributed by atoms with Gasteiger partial charge in [-0.05, 0) is 18.6 Å². The molecule has 13 nitrogen and oxygen atoms in total. The van der Waals surface area contributed by atoms with Crippen molar-refractivity contribution in [2.75, 3.05) is 66.0 Å². The lowest BCUT2D eigenvalue weighted by molar-refractivity contribution is -0.136. The Hall–Kier alpha value is -3.83. The van der Waals surface area contributed by atoms with Gasteiger partial charge < -0.3 is 29.0 Å².